The molecule has 2 heterocycles. The molecule has 0 spiro atoms. The predicted molar refractivity (Wildman–Crippen MR) is 97.8 cm³/mol. The lowest BCUT2D eigenvalue weighted by Gasteiger charge is -2.01. The van der Waals surface area contributed by atoms with Crippen LogP contribution in [-0.4, -0.2) is 19.6 Å². The van der Waals surface area contributed by atoms with Crippen molar-refractivity contribution >= 4 is 5.78 Å². The summed E-state index contributed by atoms with van der Waals surface area (Å²) in [6, 6.07) is 17.8. The highest BCUT2D eigenvalue weighted by Crippen LogP contribution is 2.16. The zero-order chi connectivity index (χ0) is 17.4. The summed E-state index contributed by atoms with van der Waals surface area (Å²) in [5.41, 5.74) is 5.00. The molecule has 1 N–H and O–H groups in total. The van der Waals surface area contributed by atoms with E-state index in [1.54, 1.807) is 6.07 Å². The van der Waals surface area contributed by atoms with Crippen LogP contribution in [0.4, 0.5) is 0 Å². The third-order valence-electron chi connectivity index (χ3n) is 4.21. The molecule has 4 rings (SSSR count). The molecular formula is C20H18N4O. The zero-order valence-electron chi connectivity index (χ0n) is 14.2. The topological polar surface area (TPSA) is 63.0 Å². The quantitative estimate of drug-likeness (QED) is 0.627. The van der Waals surface area contributed by atoms with Gasteiger partial charge in [-0.2, -0.15) is 9.50 Å². The van der Waals surface area contributed by atoms with Gasteiger partial charge in [0, 0.05) is 18.1 Å². The summed E-state index contributed by atoms with van der Waals surface area (Å²) in [5, 5.41) is 3.03. The number of aromatic amines is 1. The van der Waals surface area contributed by atoms with Gasteiger partial charge < -0.3 is 0 Å². The molecule has 0 saturated heterocycles. The lowest BCUT2D eigenvalue weighted by molar-refractivity contribution is 0.882. The highest BCUT2D eigenvalue weighted by atomic mass is 16.1. The van der Waals surface area contributed by atoms with Gasteiger partial charge in [0.1, 0.15) is 0 Å². The Morgan fingerprint density at radius 3 is 2.24 bits per heavy atom. The normalized spacial score (nSPS) is 11.1. The highest BCUT2D eigenvalue weighted by Gasteiger charge is 2.10. The molecule has 124 valence electrons. The smallest absolute Gasteiger partial charge is 0.271 e. The van der Waals surface area contributed by atoms with Gasteiger partial charge in [-0.1, -0.05) is 59.7 Å². The molecular weight excluding hydrogens is 312 g/mol. The Kier molecular flexibility index (Phi) is 3.69. The Bertz CT molecular complexity index is 1090. The van der Waals surface area contributed by atoms with Crippen LogP contribution in [0.15, 0.2) is 59.4 Å². The van der Waals surface area contributed by atoms with Gasteiger partial charge in [0.25, 0.3) is 11.3 Å². The molecule has 0 bridgehead atoms. The van der Waals surface area contributed by atoms with Gasteiger partial charge in [-0.25, -0.2) is 4.98 Å². The van der Waals surface area contributed by atoms with Gasteiger partial charge in [-0.3, -0.25) is 9.89 Å². The van der Waals surface area contributed by atoms with Crippen molar-refractivity contribution in [3.05, 3.63) is 87.3 Å². The van der Waals surface area contributed by atoms with E-state index in [0.717, 1.165) is 16.8 Å². The van der Waals surface area contributed by atoms with E-state index >= 15 is 0 Å². The number of H-pyrrole nitrogens is 1. The van der Waals surface area contributed by atoms with E-state index in [1.165, 1.54) is 15.6 Å². The maximum atomic E-state index is 12.4. The molecule has 0 unspecified atom stereocenters. The van der Waals surface area contributed by atoms with Crippen LogP contribution in [0.1, 0.15) is 22.4 Å². The Labute approximate surface area is 145 Å². The van der Waals surface area contributed by atoms with Crippen molar-refractivity contribution in [2.45, 2.75) is 20.3 Å². The van der Waals surface area contributed by atoms with Crippen molar-refractivity contribution in [2.75, 3.05) is 0 Å². The number of hydrogen-bond acceptors (Lipinski definition) is 3. The minimum absolute atomic E-state index is 0.155. The van der Waals surface area contributed by atoms with E-state index < -0.39 is 0 Å². The number of aromatic nitrogens is 4. The Morgan fingerprint density at radius 1 is 0.920 bits per heavy atom. The van der Waals surface area contributed by atoms with Crippen molar-refractivity contribution in [1.29, 1.82) is 0 Å². The van der Waals surface area contributed by atoms with Crippen LogP contribution in [0, 0.1) is 13.8 Å². The van der Waals surface area contributed by atoms with Crippen LogP contribution in [0.3, 0.4) is 0 Å². The van der Waals surface area contributed by atoms with E-state index in [-0.39, 0.29) is 5.56 Å². The Hall–Kier alpha value is -3.21. The summed E-state index contributed by atoms with van der Waals surface area (Å²) in [6.45, 7) is 4.09. The number of fused-ring (bicyclic) bond motifs is 1. The molecule has 5 heteroatoms. The van der Waals surface area contributed by atoms with Gasteiger partial charge in [0.05, 0.1) is 5.69 Å². The Balaban J connectivity index is 1.72. The van der Waals surface area contributed by atoms with Gasteiger partial charge in [0.15, 0.2) is 5.82 Å². The van der Waals surface area contributed by atoms with Crippen molar-refractivity contribution in [2.24, 2.45) is 0 Å². The molecule has 2 aromatic heterocycles. The second-order valence-corrected chi connectivity index (χ2v) is 6.32. The fourth-order valence-electron chi connectivity index (χ4n) is 2.77. The van der Waals surface area contributed by atoms with Crippen LogP contribution in [0.25, 0.3) is 17.2 Å². The van der Waals surface area contributed by atoms with E-state index in [9.17, 15) is 4.79 Å². The third kappa shape index (κ3) is 3.08. The van der Waals surface area contributed by atoms with E-state index in [0.29, 0.717) is 18.0 Å². The molecule has 5 nitrogen and oxygen atoms in total. The summed E-state index contributed by atoms with van der Waals surface area (Å²) in [4.78, 5) is 21.4. The molecule has 0 atom stereocenters. The van der Waals surface area contributed by atoms with Crippen LogP contribution >= 0.6 is 0 Å². The van der Waals surface area contributed by atoms with E-state index in [4.69, 9.17) is 0 Å². The fraction of sp³-hybridized carbons (Fsp3) is 0.150. The molecule has 0 amide bonds. The minimum Gasteiger partial charge on any atom is -0.271 e. The SMILES string of the molecule is Cc1ccc(Cc2cc(=O)n3[nH]c(-c4ccc(C)cc4)nc3n2)cc1. The molecule has 2 aromatic carbocycles. The first-order chi connectivity index (χ1) is 12.1. The monoisotopic (exact) mass is 330 g/mol. The summed E-state index contributed by atoms with van der Waals surface area (Å²) in [5.74, 6) is 1.03. The summed E-state index contributed by atoms with van der Waals surface area (Å²) < 4.78 is 1.38. The second kappa shape index (κ2) is 6.02. The average Bonchev–Trinajstić information content (AvgIpc) is 3.02. The molecule has 0 saturated carbocycles. The molecule has 25 heavy (non-hydrogen) atoms. The fourth-order valence-corrected chi connectivity index (χ4v) is 2.77. The predicted octanol–water partition coefficient (Wildman–Crippen LogP) is 3.29. The molecule has 0 aliphatic carbocycles. The number of aryl methyl sites for hydroxylation is 2. The second-order valence-electron chi connectivity index (χ2n) is 6.32. The molecule has 0 radical (unpaired) electrons. The number of benzene rings is 2. The standard InChI is InChI=1S/C20H18N4O/c1-13-3-7-15(8-4-13)11-17-12-18(25)24-20(21-17)22-19(23-24)16-9-5-14(2)6-10-16/h3-10,12H,11H2,1-2H3,(H,21,22,23). The van der Waals surface area contributed by atoms with Gasteiger partial charge >= 0.3 is 0 Å². The molecule has 4 aromatic rings. The molecule has 0 aliphatic heterocycles. The molecule has 0 aliphatic rings. The first-order valence-electron chi connectivity index (χ1n) is 8.20. The minimum atomic E-state index is -0.155. The number of rotatable bonds is 3. The van der Waals surface area contributed by atoms with Crippen molar-refractivity contribution < 1.29 is 0 Å². The lowest BCUT2D eigenvalue weighted by atomic mass is 10.1. The van der Waals surface area contributed by atoms with Crippen LogP contribution in [0.5, 0.6) is 0 Å². The van der Waals surface area contributed by atoms with E-state index in [2.05, 4.69) is 46.3 Å². The largest absolute Gasteiger partial charge is 0.274 e. The van der Waals surface area contributed by atoms with Gasteiger partial charge in [-0.05, 0) is 19.4 Å². The van der Waals surface area contributed by atoms with Gasteiger partial charge in [-0.15, -0.1) is 0 Å². The first kappa shape index (κ1) is 15.3. The zero-order valence-corrected chi connectivity index (χ0v) is 14.2. The number of nitrogens with zero attached hydrogens (tertiary/aromatic N) is 3. The first-order valence-corrected chi connectivity index (χ1v) is 8.20. The van der Waals surface area contributed by atoms with Crippen molar-refractivity contribution in [1.82, 2.24) is 19.6 Å². The third-order valence-corrected chi connectivity index (χ3v) is 4.21. The maximum Gasteiger partial charge on any atom is 0.274 e. The van der Waals surface area contributed by atoms with Crippen molar-refractivity contribution in [3.8, 4) is 11.4 Å². The summed E-state index contributed by atoms with van der Waals surface area (Å²) in [6.07, 6.45) is 0.610. The lowest BCUT2D eigenvalue weighted by Crippen LogP contribution is -2.15. The highest BCUT2D eigenvalue weighted by molar-refractivity contribution is 5.57. The van der Waals surface area contributed by atoms with Crippen LogP contribution in [0.2, 0.25) is 0 Å². The van der Waals surface area contributed by atoms with Crippen LogP contribution in [-0.2, 0) is 6.42 Å². The average molecular weight is 330 g/mol. The van der Waals surface area contributed by atoms with Crippen LogP contribution < -0.4 is 5.56 Å². The number of hydrogen-bond donors (Lipinski definition) is 1. The summed E-state index contributed by atoms with van der Waals surface area (Å²) in [7, 11) is 0. The Morgan fingerprint density at radius 2 is 1.56 bits per heavy atom. The number of nitrogens with one attached hydrogen (secondary N) is 1. The maximum absolute atomic E-state index is 12.4. The summed E-state index contributed by atoms with van der Waals surface area (Å²) >= 11 is 0. The van der Waals surface area contributed by atoms with Gasteiger partial charge in [0.2, 0.25) is 0 Å². The molecule has 0 fully saturated rings. The van der Waals surface area contributed by atoms with E-state index in [1.807, 2.05) is 31.2 Å². The van der Waals surface area contributed by atoms with Crippen molar-refractivity contribution in [3.63, 3.8) is 0 Å².